The molecule has 28 heavy (non-hydrogen) atoms. The normalized spacial score (nSPS) is 19.5. The first-order valence-corrected chi connectivity index (χ1v) is 11.8. The van der Waals surface area contributed by atoms with Gasteiger partial charge in [0.25, 0.3) is 0 Å². The van der Waals surface area contributed by atoms with Crippen molar-refractivity contribution in [1.29, 1.82) is 0 Å². The molecule has 152 valence electrons. The molecule has 0 N–H and O–H groups in total. The van der Waals surface area contributed by atoms with Gasteiger partial charge in [-0.1, -0.05) is 51.0 Å². The van der Waals surface area contributed by atoms with E-state index in [2.05, 4.69) is 38.1 Å². The van der Waals surface area contributed by atoms with Crippen LogP contribution in [0.15, 0.2) is 47.4 Å². The molecule has 1 aliphatic carbocycles. The first-order chi connectivity index (χ1) is 13.7. The lowest BCUT2D eigenvalue weighted by atomic mass is 9.78. The number of hydrogen-bond acceptors (Lipinski definition) is 2. The minimum Gasteiger partial charge on any atom is -0.493 e. The van der Waals surface area contributed by atoms with Gasteiger partial charge in [-0.15, -0.1) is 11.8 Å². The Morgan fingerprint density at radius 1 is 1.00 bits per heavy atom. The van der Waals surface area contributed by atoms with Gasteiger partial charge in [-0.05, 0) is 67.2 Å². The summed E-state index contributed by atoms with van der Waals surface area (Å²) in [6.45, 7) is 5.08. The van der Waals surface area contributed by atoms with E-state index in [9.17, 15) is 4.39 Å². The Hall–Kier alpha value is -1.48. The highest BCUT2D eigenvalue weighted by atomic mass is 32.2. The summed E-state index contributed by atoms with van der Waals surface area (Å²) in [6.07, 6.45) is 8.79. The van der Waals surface area contributed by atoms with Gasteiger partial charge in [0.05, 0.1) is 6.61 Å². The van der Waals surface area contributed by atoms with Crippen LogP contribution in [0.3, 0.4) is 0 Å². The van der Waals surface area contributed by atoms with Crippen LogP contribution in [0.2, 0.25) is 0 Å². The molecule has 0 spiro atoms. The molecule has 3 rings (SSSR count). The van der Waals surface area contributed by atoms with E-state index < -0.39 is 0 Å². The van der Waals surface area contributed by atoms with E-state index >= 15 is 0 Å². The van der Waals surface area contributed by atoms with Crippen molar-refractivity contribution in [3.63, 3.8) is 0 Å². The molecule has 0 atom stereocenters. The second-order valence-corrected chi connectivity index (χ2v) is 8.97. The molecule has 1 aliphatic rings. The summed E-state index contributed by atoms with van der Waals surface area (Å²) in [5, 5.41) is 0. The quantitative estimate of drug-likeness (QED) is 0.312. The van der Waals surface area contributed by atoms with Crippen LogP contribution in [0, 0.1) is 11.7 Å². The molecule has 1 fully saturated rings. The molecule has 0 amide bonds. The van der Waals surface area contributed by atoms with Crippen molar-refractivity contribution in [2.45, 2.75) is 75.4 Å². The largest absolute Gasteiger partial charge is 0.493 e. The average Bonchev–Trinajstić information content (AvgIpc) is 2.74. The van der Waals surface area contributed by atoms with Crippen LogP contribution in [0.25, 0.3) is 0 Å². The molecule has 0 unspecified atom stereocenters. The maximum atomic E-state index is 14.3. The molecule has 3 heteroatoms. The number of hydrogen-bond donors (Lipinski definition) is 0. The summed E-state index contributed by atoms with van der Waals surface area (Å²) in [4.78, 5) is 0.685. The second kappa shape index (κ2) is 10.9. The fourth-order valence-corrected chi connectivity index (χ4v) is 4.85. The molecule has 0 heterocycles. The van der Waals surface area contributed by atoms with Crippen LogP contribution in [-0.4, -0.2) is 6.61 Å². The van der Waals surface area contributed by atoms with E-state index in [-0.39, 0.29) is 5.82 Å². The van der Waals surface area contributed by atoms with E-state index in [1.54, 1.807) is 11.8 Å². The van der Waals surface area contributed by atoms with Gasteiger partial charge in [0.1, 0.15) is 11.6 Å². The third-order valence-electron chi connectivity index (χ3n) is 5.94. The van der Waals surface area contributed by atoms with Crippen LogP contribution in [0.1, 0.15) is 75.8 Å². The van der Waals surface area contributed by atoms with E-state index in [1.807, 2.05) is 12.1 Å². The summed E-state index contributed by atoms with van der Waals surface area (Å²) in [7, 11) is 0. The molecule has 1 saturated carbocycles. The molecular weight excluding hydrogens is 367 g/mol. The second-order valence-electron chi connectivity index (χ2n) is 7.95. The summed E-state index contributed by atoms with van der Waals surface area (Å²) in [6, 6.07) is 14.2. The lowest BCUT2D eigenvalue weighted by molar-refractivity contribution is 0.307. The van der Waals surface area contributed by atoms with Crippen molar-refractivity contribution in [1.82, 2.24) is 0 Å². The van der Waals surface area contributed by atoms with Crippen molar-refractivity contribution in [3.8, 4) is 5.75 Å². The van der Waals surface area contributed by atoms with Gasteiger partial charge in [0.2, 0.25) is 0 Å². The molecule has 1 nitrogen and oxygen atoms in total. The molecule has 0 radical (unpaired) electrons. The smallest absolute Gasteiger partial charge is 0.140 e. The fourth-order valence-electron chi connectivity index (χ4n) is 3.97. The van der Waals surface area contributed by atoms with Crippen LogP contribution >= 0.6 is 11.8 Å². The average molecular weight is 401 g/mol. The lowest BCUT2D eigenvalue weighted by Gasteiger charge is -2.28. The Labute approximate surface area is 174 Å². The maximum absolute atomic E-state index is 14.3. The van der Waals surface area contributed by atoms with Crippen LogP contribution in [0.4, 0.5) is 4.39 Å². The van der Waals surface area contributed by atoms with Gasteiger partial charge in [-0.2, -0.15) is 0 Å². The molecule has 2 aromatic rings. The van der Waals surface area contributed by atoms with Crippen molar-refractivity contribution in [2.24, 2.45) is 5.92 Å². The van der Waals surface area contributed by atoms with Gasteiger partial charge in [-0.3, -0.25) is 0 Å². The topological polar surface area (TPSA) is 9.23 Å². The monoisotopic (exact) mass is 400 g/mol. The third kappa shape index (κ3) is 6.01. The lowest BCUT2D eigenvalue weighted by Crippen LogP contribution is -2.12. The van der Waals surface area contributed by atoms with Crippen molar-refractivity contribution in [3.05, 3.63) is 59.4 Å². The SMILES string of the molecule is CCCCOc1ccc(SCc2ccc([C@H]3CC[C@H](CC)CC3)cc2)c(F)c1. The van der Waals surface area contributed by atoms with Crippen LogP contribution in [0.5, 0.6) is 5.75 Å². The molecule has 0 aromatic heterocycles. The Kier molecular flexibility index (Phi) is 8.27. The van der Waals surface area contributed by atoms with Gasteiger partial charge in [-0.25, -0.2) is 4.39 Å². The molecule has 2 aromatic carbocycles. The third-order valence-corrected chi connectivity index (χ3v) is 7.06. The Balaban J connectivity index is 1.51. The molecule has 0 bridgehead atoms. The van der Waals surface area contributed by atoms with E-state index in [0.29, 0.717) is 17.3 Å². The molecule has 0 aliphatic heterocycles. The van der Waals surface area contributed by atoms with E-state index in [1.165, 1.54) is 49.3 Å². The van der Waals surface area contributed by atoms with Gasteiger partial charge in [0.15, 0.2) is 0 Å². The number of thioether (sulfide) groups is 1. The summed E-state index contributed by atoms with van der Waals surface area (Å²) >= 11 is 1.55. The fraction of sp³-hybridized carbons (Fsp3) is 0.520. The molecule has 0 saturated heterocycles. The number of halogens is 1. The number of benzene rings is 2. The van der Waals surface area contributed by atoms with Crippen molar-refractivity contribution in [2.75, 3.05) is 6.61 Å². The predicted octanol–water partition coefficient (Wildman–Crippen LogP) is 7.98. The number of unbranched alkanes of at least 4 members (excludes halogenated alkanes) is 1. The highest BCUT2D eigenvalue weighted by molar-refractivity contribution is 7.98. The zero-order chi connectivity index (χ0) is 19.8. The highest BCUT2D eigenvalue weighted by Crippen LogP contribution is 2.37. The minimum atomic E-state index is -0.191. The zero-order valence-electron chi connectivity index (χ0n) is 17.3. The van der Waals surface area contributed by atoms with Crippen LogP contribution in [-0.2, 0) is 5.75 Å². The summed E-state index contributed by atoms with van der Waals surface area (Å²) in [5.41, 5.74) is 2.72. The van der Waals surface area contributed by atoms with Gasteiger partial charge >= 0.3 is 0 Å². The first kappa shape index (κ1) is 21.2. The van der Waals surface area contributed by atoms with Crippen LogP contribution < -0.4 is 4.74 Å². The zero-order valence-corrected chi connectivity index (χ0v) is 18.1. The Morgan fingerprint density at radius 2 is 1.75 bits per heavy atom. The Morgan fingerprint density at radius 3 is 2.39 bits per heavy atom. The highest BCUT2D eigenvalue weighted by Gasteiger charge is 2.21. The maximum Gasteiger partial charge on any atom is 0.140 e. The summed E-state index contributed by atoms with van der Waals surface area (Å²) in [5.74, 6) is 2.88. The van der Waals surface area contributed by atoms with E-state index in [0.717, 1.165) is 30.4 Å². The molecular formula is C25H33FOS. The summed E-state index contributed by atoms with van der Waals surface area (Å²) < 4.78 is 19.9. The van der Waals surface area contributed by atoms with Crippen molar-refractivity contribution < 1.29 is 9.13 Å². The van der Waals surface area contributed by atoms with E-state index in [4.69, 9.17) is 4.74 Å². The minimum absolute atomic E-state index is 0.191. The Bertz CT molecular complexity index is 720. The first-order valence-electron chi connectivity index (χ1n) is 10.8. The van der Waals surface area contributed by atoms with Gasteiger partial charge < -0.3 is 4.74 Å². The predicted molar refractivity (Wildman–Crippen MR) is 118 cm³/mol. The standard InChI is InChI=1S/C25H33FOS/c1-3-5-16-27-23-14-15-25(24(26)17-23)28-18-20-8-12-22(13-9-20)21-10-6-19(4-2)7-11-21/h8-9,12-15,17,19,21H,3-7,10-11,16,18H2,1-2H3/t19-,21-. The number of rotatable bonds is 9. The number of ether oxygens (including phenoxy) is 1. The van der Waals surface area contributed by atoms with Gasteiger partial charge in [0, 0.05) is 16.7 Å². The van der Waals surface area contributed by atoms with Crippen molar-refractivity contribution >= 4 is 11.8 Å².